The molecular formula is C14H22N4. The van der Waals surface area contributed by atoms with Crippen LogP contribution in [0.4, 0.5) is 0 Å². The lowest BCUT2D eigenvalue weighted by Crippen LogP contribution is -2.29. The van der Waals surface area contributed by atoms with E-state index in [0.717, 1.165) is 30.4 Å². The Morgan fingerprint density at radius 1 is 1.22 bits per heavy atom. The number of rotatable bonds is 6. The van der Waals surface area contributed by atoms with Gasteiger partial charge in [-0.2, -0.15) is 0 Å². The van der Waals surface area contributed by atoms with Crippen molar-refractivity contribution in [2.75, 3.05) is 6.54 Å². The largest absolute Gasteiger partial charge is 0.314 e. The highest BCUT2D eigenvalue weighted by Crippen LogP contribution is 2.05. The Bertz CT molecular complexity index is 489. The predicted molar refractivity (Wildman–Crippen MR) is 73.6 cm³/mol. The second-order valence-electron chi connectivity index (χ2n) is 5.28. The molecule has 0 aromatic carbocycles. The fourth-order valence-corrected chi connectivity index (χ4v) is 2.28. The first-order valence-electron chi connectivity index (χ1n) is 6.69. The molecule has 2 heterocycles. The minimum absolute atomic E-state index is 0.559. The number of nitrogens with one attached hydrogen (secondary N) is 1. The van der Waals surface area contributed by atoms with Gasteiger partial charge in [-0.15, -0.1) is 10.2 Å². The summed E-state index contributed by atoms with van der Waals surface area (Å²) >= 11 is 0. The number of hydrogen-bond acceptors (Lipinski definition) is 3. The van der Waals surface area contributed by atoms with Crippen LogP contribution in [0.3, 0.4) is 0 Å². The van der Waals surface area contributed by atoms with Crippen molar-refractivity contribution in [3.05, 3.63) is 30.2 Å². The Hall–Kier alpha value is -1.42. The van der Waals surface area contributed by atoms with Gasteiger partial charge in [0.2, 0.25) is 0 Å². The molecule has 1 N–H and O–H groups in total. The molecule has 1 atom stereocenters. The lowest BCUT2D eigenvalue weighted by Gasteiger charge is -2.15. The molecule has 0 fully saturated rings. The van der Waals surface area contributed by atoms with Gasteiger partial charge in [0.1, 0.15) is 5.82 Å². The number of fused-ring (bicyclic) bond motifs is 1. The van der Waals surface area contributed by atoms with Gasteiger partial charge in [0, 0.05) is 25.2 Å². The van der Waals surface area contributed by atoms with E-state index in [1.54, 1.807) is 0 Å². The Morgan fingerprint density at radius 2 is 2.06 bits per heavy atom. The van der Waals surface area contributed by atoms with Crippen LogP contribution >= 0.6 is 0 Å². The molecular weight excluding hydrogens is 224 g/mol. The molecule has 0 saturated carbocycles. The third-order valence-electron chi connectivity index (χ3n) is 3.05. The molecule has 1 unspecified atom stereocenters. The van der Waals surface area contributed by atoms with E-state index in [-0.39, 0.29) is 0 Å². The van der Waals surface area contributed by atoms with Crippen LogP contribution in [-0.4, -0.2) is 27.2 Å². The highest BCUT2D eigenvalue weighted by Gasteiger charge is 2.06. The maximum atomic E-state index is 4.23. The quantitative estimate of drug-likeness (QED) is 0.850. The van der Waals surface area contributed by atoms with Crippen LogP contribution in [-0.2, 0) is 6.42 Å². The van der Waals surface area contributed by atoms with Crippen molar-refractivity contribution >= 4 is 5.65 Å². The summed E-state index contributed by atoms with van der Waals surface area (Å²) in [5.41, 5.74) is 0.919. The van der Waals surface area contributed by atoms with E-state index in [0.29, 0.717) is 6.04 Å². The predicted octanol–water partition coefficient (Wildman–Crippen LogP) is 2.30. The van der Waals surface area contributed by atoms with Crippen LogP contribution in [0.15, 0.2) is 24.4 Å². The summed E-state index contributed by atoms with van der Waals surface area (Å²) in [6.45, 7) is 7.69. The van der Waals surface area contributed by atoms with Crippen molar-refractivity contribution in [2.24, 2.45) is 5.92 Å². The zero-order chi connectivity index (χ0) is 13.0. The van der Waals surface area contributed by atoms with Crippen LogP contribution in [0.2, 0.25) is 0 Å². The lowest BCUT2D eigenvalue weighted by molar-refractivity contribution is 0.443. The fraction of sp³-hybridized carbons (Fsp3) is 0.571. The monoisotopic (exact) mass is 246 g/mol. The van der Waals surface area contributed by atoms with Gasteiger partial charge >= 0.3 is 0 Å². The van der Waals surface area contributed by atoms with Crippen molar-refractivity contribution in [3.63, 3.8) is 0 Å². The molecule has 0 spiro atoms. The van der Waals surface area contributed by atoms with E-state index in [1.165, 1.54) is 6.42 Å². The molecule has 0 aliphatic rings. The Balaban J connectivity index is 1.87. The Labute approximate surface area is 108 Å². The van der Waals surface area contributed by atoms with Gasteiger partial charge in [0.15, 0.2) is 5.65 Å². The zero-order valence-electron chi connectivity index (χ0n) is 11.4. The van der Waals surface area contributed by atoms with Crippen molar-refractivity contribution in [3.8, 4) is 0 Å². The van der Waals surface area contributed by atoms with E-state index in [9.17, 15) is 0 Å². The Morgan fingerprint density at radius 3 is 2.83 bits per heavy atom. The van der Waals surface area contributed by atoms with Crippen LogP contribution < -0.4 is 5.32 Å². The van der Waals surface area contributed by atoms with Crippen molar-refractivity contribution in [1.29, 1.82) is 0 Å². The van der Waals surface area contributed by atoms with Crippen LogP contribution in [0.5, 0.6) is 0 Å². The number of hydrogen-bond donors (Lipinski definition) is 1. The Kier molecular flexibility index (Phi) is 4.31. The summed E-state index contributed by atoms with van der Waals surface area (Å²) in [7, 11) is 0. The molecule has 0 saturated heterocycles. The van der Waals surface area contributed by atoms with Gasteiger partial charge < -0.3 is 5.32 Å². The second kappa shape index (κ2) is 5.96. The summed E-state index contributed by atoms with van der Waals surface area (Å²) in [5, 5.41) is 11.9. The van der Waals surface area contributed by atoms with Crippen molar-refractivity contribution in [1.82, 2.24) is 19.9 Å². The van der Waals surface area contributed by atoms with Crippen LogP contribution in [0, 0.1) is 5.92 Å². The summed E-state index contributed by atoms with van der Waals surface area (Å²) in [6.07, 6.45) is 4.14. The SMILES string of the molecule is CC(C)CC(C)NCCc1nnc2ccccn12. The fourth-order valence-electron chi connectivity index (χ4n) is 2.28. The first-order chi connectivity index (χ1) is 8.66. The summed E-state index contributed by atoms with van der Waals surface area (Å²) in [4.78, 5) is 0. The van der Waals surface area contributed by atoms with E-state index >= 15 is 0 Å². The smallest absolute Gasteiger partial charge is 0.160 e. The van der Waals surface area contributed by atoms with Crippen LogP contribution in [0.25, 0.3) is 5.65 Å². The first kappa shape index (κ1) is 13.0. The molecule has 0 aliphatic heterocycles. The number of aromatic nitrogens is 3. The molecule has 2 aromatic rings. The van der Waals surface area contributed by atoms with Crippen molar-refractivity contribution < 1.29 is 0 Å². The topological polar surface area (TPSA) is 42.2 Å². The molecule has 0 amide bonds. The molecule has 2 aromatic heterocycles. The molecule has 4 heteroatoms. The van der Waals surface area contributed by atoms with E-state index < -0.39 is 0 Å². The first-order valence-corrected chi connectivity index (χ1v) is 6.69. The summed E-state index contributed by atoms with van der Waals surface area (Å²) in [6, 6.07) is 6.53. The van der Waals surface area contributed by atoms with Gasteiger partial charge in [0.25, 0.3) is 0 Å². The highest BCUT2D eigenvalue weighted by atomic mass is 15.2. The third kappa shape index (κ3) is 3.29. The molecule has 2 rings (SSSR count). The molecule has 18 heavy (non-hydrogen) atoms. The molecule has 4 nitrogen and oxygen atoms in total. The third-order valence-corrected chi connectivity index (χ3v) is 3.05. The molecule has 0 radical (unpaired) electrons. The molecule has 98 valence electrons. The molecule has 0 bridgehead atoms. The zero-order valence-corrected chi connectivity index (χ0v) is 11.4. The van der Waals surface area contributed by atoms with Crippen molar-refractivity contribution in [2.45, 2.75) is 39.7 Å². The molecule has 0 aliphatic carbocycles. The number of pyridine rings is 1. The minimum Gasteiger partial charge on any atom is -0.314 e. The van der Waals surface area contributed by atoms with Gasteiger partial charge in [-0.25, -0.2) is 0 Å². The minimum atomic E-state index is 0.559. The van der Waals surface area contributed by atoms with Gasteiger partial charge in [-0.3, -0.25) is 4.40 Å². The normalized spacial score (nSPS) is 13.3. The highest BCUT2D eigenvalue weighted by molar-refractivity contribution is 5.36. The van der Waals surface area contributed by atoms with E-state index in [2.05, 4.69) is 40.7 Å². The number of nitrogens with zero attached hydrogens (tertiary/aromatic N) is 3. The van der Waals surface area contributed by atoms with Gasteiger partial charge in [-0.05, 0) is 31.4 Å². The van der Waals surface area contributed by atoms with Gasteiger partial charge in [-0.1, -0.05) is 19.9 Å². The van der Waals surface area contributed by atoms with Gasteiger partial charge in [0.05, 0.1) is 0 Å². The average Bonchev–Trinajstić information content (AvgIpc) is 2.72. The van der Waals surface area contributed by atoms with E-state index in [1.807, 2.05) is 24.4 Å². The van der Waals surface area contributed by atoms with E-state index in [4.69, 9.17) is 0 Å². The maximum Gasteiger partial charge on any atom is 0.160 e. The standard InChI is InChI=1S/C14H22N4/c1-11(2)10-12(3)15-8-7-14-17-16-13-6-4-5-9-18(13)14/h4-6,9,11-12,15H,7-8,10H2,1-3H3. The maximum absolute atomic E-state index is 4.23. The van der Waals surface area contributed by atoms with Crippen LogP contribution in [0.1, 0.15) is 33.0 Å². The average molecular weight is 246 g/mol. The second-order valence-corrected chi connectivity index (χ2v) is 5.28. The summed E-state index contributed by atoms with van der Waals surface area (Å²) in [5.74, 6) is 1.76. The lowest BCUT2D eigenvalue weighted by atomic mass is 10.1. The summed E-state index contributed by atoms with van der Waals surface area (Å²) < 4.78 is 2.05.